The summed E-state index contributed by atoms with van der Waals surface area (Å²) in [6.07, 6.45) is 0.139. The number of nitrogens with zero attached hydrogens (tertiary/aromatic N) is 2. The van der Waals surface area contributed by atoms with Gasteiger partial charge in [-0.05, 0) is 24.6 Å². The highest BCUT2D eigenvalue weighted by Gasteiger charge is 2.25. The van der Waals surface area contributed by atoms with E-state index in [4.69, 9.17) is 4.74 Å². The maximum absolute atomic E-state index is 12.8. The fourth-order valence-corrected chi connectivity index (χ4v) is 2.09. The van der Waals surface area contributed by atoms with Crippen LogP contribution in [-0.2, 0) is 4.74 Å². The highest BCUT2D eigenvalue weighted by atomic mass is 19.1. The molecule has 1 aliphatic heterocycles. The summed E-state index contributed by atoms with van der Waals surface area (Å²) in [6.45, 7) is 4.10. The van der Waals surface area contributed by atoms with Gasteiger partial charge in [-0.25, -0.2) is 4.39 Å². The molecule has 0 amide bonds. The number of nitriles is 1. The van der Waals surface area contributed by atoms with Crippen molar-refractivity contribution >= 4 is 0 Å². The molecule has 4 heteroatoms. The predicted molar refractivity (Wildman–Crippen MR) is 61.7 cm³/mol. The molecule has 90 valence electrons. The molecule has 0 saturated carbocycles. The van der Waals surface area contributed by atoms with Crippen molar-refractivity contribution in [3.8, 4) is 6.07 Å². The van der Waals surface area contributed by atoms with Crippen molar-refractivity contribution < 1.29 is 9.13 Å². The highest BCUT2D eigenvalue weighted by molar-refractivity contribution is 5.24. The lowest BCUT2D eigenvalue weighted by atomic mass is 10.1. The zero-order valence-corrected chi connectivity index (χ0v) is 9.77. The molecule has 0 bridgehead atoms. The first-order valence-electron chi connectivity index (χ1n) is 5.71. The summed E-state index contributed by atoms with van der Waals surface area (Å²) in [7, 11) is 0. The van der Waals surface area contributed by atoms with E-state index in [1.54, 1.807) is 12.1 Å². The number of benzene rings is 1. The molecule has 1 saturated heterocycles. The Morgan fingerprint density at radius 3 is 2.76 bits per heavy atom. The van der Waals surface area contributed by atoms with Crippen LogP contribution < -0.4 is 0 Å². The lowest BCUT2D eigenvalue weighted by molar-refractivity contribution is -0.0269. The molecule has 1 aliphatic rings. The van der Waals surface area contributed by atoms with E-state index in [9.17, 15) is 9.65 Å². The smallest absolute Gasteiger partial charge is 0.124 e. The molecule has 0 N–H and O–H groups in total. The molecule has 1 heterocycles. The number of morpholine rings is 1. The summed E-state index contributed by atoms with van der Waals surface area (Å²) in [4.78, 5) is 2.07. The highest BCUT2D eigenvalue weighted by Crippen LogP contribution is 2.22. The van der Waals surface area contributed by atoms with Crippen molar-refractivity contribution in [1.82, 2.24) is 4.90 Å². The molecule has 0 unspecified atom stereocenters. The van der Waals surface area contributed by atoms with Crippen molar-refractivity contribution in [3.63, 3.8) is 0 Å². The van der Waals surface area contributed by atoms with E-state index in [1.165, 1.54) is 12.1 Å². The van der Waals surface area contributed by atoms with Crippen molar-refractivity contribution in [2.24, 2.45) is 0 Å². The van der Waals surface area contributed by atoms with Gasteiger partial charge in [0.25, 0.3) is 0 Å². The van der Waals surface area contributed by atoms with Crippen LogP contribution in [0.5, 0.6) is 0 Å². The van der Waals surface area contributed by atoms with Crippen molar-refractivity contribution in [2.45, 2.75) is 19.1 Å². The lowest BCUT2D eigenvalue weighted by Crippen LogP contribution is -2.42. The first kappa shape index (κ1) is 12.0. The summed E-state index contributed by atoms with van der Waals surface area (Å²) < 4.78 is 18.3. The quantitative estimate of drug-likeness (QED) is 0.786. The summed E-state index contributed by atoms with van der Waals surface area (Å²) in [5, 5.41) is 9.26. The Bertz CT molecular complexity index is 412. The molecule has 1 aromatic carbocycles. The van der Waals surface area contributed by atoms with Crippen molar-refractivity contribution in [1.29, 1.82) is 5.26 Å². The van der Waals surface area contributed by atoms with Crippen molar-refractivity contribution in [3.05, 3.63) is 35.6 Å². The summed E-state index contributed by atoms with van der Waals surface area (Å²) in [5.41, 5.74) is 0.836. The molecule has 1 aromatic rings. The average molecular weight is 234 g/mol. The Hall–Kier alpha value is -1.44. The minimum absolute atomic E-state index is 0.139. The molecule has 0 radical (unpaired) electrons. The van der Waals surface area contributed by atoms with Gasteiger partial charge in [-0.2, -0.15) is 5.26 Å². The van der Waals surface area contributed by atoms with Gasteiger partial charge in [-0.1, -0.05) is 12.1 Å². The van der Waals surface area contributed by atoms with Crippen LogP contribution in [0, 0.1) is 17.1 Å². The van der Waals surface area contributed by atoms with Gasteiger partial charge in [0, 0.05) is 13.1 Å². The van der Waals surface area contributed by atoms with Gasteiger partial charge in [-0.15, -0.1) is 0 Å². The normalized spacial score (nSPS) is 23.0. The Morgan fingerprint density at radius 2 is 2.18 bits per heavy atom. The van der Waals surface area contributed by atoms with Gasteiger partial charge in [0.2, 0.25) is 0 Å². The van der Waals surface area contributed by atoms with Gasteiger partial charge >= 0.3 is 0 Å². The maximum atomic E-state index is 12.8. The number of hydrogen-bond donors (Lipinski definition) is 0. The first-order valence-corrected chi connectivity index (χ1v) is 5.71. The van der Waals surface area contributed by atoms with Crippen LogP contribution in [0.25, 0.3) is 0 Å². The van der Waals surface area contributed by atoms with E-state index in [0.29, 0.717) is 6.61 Å². The van der Waals surface area contributed by atoms with E-state index in [2.05, 4.69) is 11.0 Å². The number of rotatable bonds is 2. The number of halogens is 1. The third kappa shape index (κ3) is 2.82. The second kappa shape index (κ2) is 5.26. The molecule has 0 aliphatic carbocycles. The Balaban J connectivity index is 2.16. The Morgan fingerprint density at radius 1 is 1.47 bits per heavy atom. The van der Waals surface area contributed by atoms with Gasteiger partial charge < -0.3 is 4.74 Å². The van der Waals surface area contributed by atoms with Crippen molar-refractivity contribution in [2.75, 3.05) is 19.7 Å². The molecular weight excluding hydrogens is 219 g/mol. The van der Waals surface area contributed by atoms with E-state index in [1.807, 2.05) is 6.92 Å². The zero-order chi connectivity index (χ0) is 12.3. The standard InChI is InChI=1S/C13H15FN2O/c1-10-9-16(6-7-17-10)13(8-15)11-2-4-12(14)5-3-11/h2-5,10,13H,6-7,9H2,1H3/t10-,13+/m1/s1. The van der Waals surface area contributed by atoms with E-state index in [0.717, 1.165) is 18.7 Å². The fourth-order valence-electron chi connectivity index (χ4n) is 2.09. The molecule has 2 atom stereocenters. The summed E-state index contributed by atoms with van der Waals surface area (Å²) >= 11 is 0. The van der Waals surface area contributed by atoms with Crippen LogP contribution >= 0.6 is 0 Å². The largest absolute Gasteiger partial charge is 0.376 e. The van der Waals surface area contributed by atoms with Gasteiger partial charge in [0.15, 0.2) is 0 Å². The molecule has 0 aromatic heterocycles. The third-order valence-electron chi connectivity index (χ3n) is 2.95. The molecule has 1 fully saturated rings. The monoisotopic (exact) mass is 234 g/mol. The van der Waals surface area contributed by atoms with E-state index >= 15 is 0 Å². The van der Waals surface area contributed by atoms with Crippen LogP contribution in [0.15, 0.2) is 24.3 Å². The summed E-state index contributed by atoms with van der Waals surface area (Å²) in [5.74, 6) is -0.277. The zero-order valence-electron chi connectivity index (χ0n) is 9.77. The van der Waals surface area contributed by atoms with E-state index in [-0.39, 0.29) is 18.0 Å². The number of ether oxygens (including phenoxy) is 1. The number of hydrogen-bond acceptors (Lipinski definition) is 3. The fraction of sp³-hybridized carbons (Fsp3) is 0.462. The van der Waals surface area contributed by atoms with Gasteiger partial charge in [-0.3, -0.25) is 4.90 Å². The second-order valence-corrected chi connectivity index (χ2v) is 4.26. The molecule has 17 heavy (non-hydrogen) atoms. The Kier molecular flexibility index (Phi) is 3.72. The minimum Gasteiger partial charge on any atom is -0.376 e. The van der Waals surface area contributed by atoms with Gasteiger partial charge in [0.05, 0.1) is 18.8 Å². The topological polar surface area (TPSA) is 36.3 Å². The molecule has 2 rings (SSSR count). The van der Waals surface area contributed by atoms with Crippen LogP contribution in [0.3, 0.4) is 0 Å². The lowest BCUT2D eigenvalue weighted by Gasteiger charge is -2.34. The minimum atomic E-state index is -0.318. The SMILES string of the molecule is C[C@@H]1CN([C@@H](C#N)c2ccc(F)cc2)CCO1. The van der Waals surface area contributed by atoms with Crippen LogP contribution in [0.4, 0.5) is 4.39 Å². The van der Waals surface area contributed by atoms with Crippen LogP contribution in [-0.4, -0.2) is 30.7 Å². The molecule has 3 nitrogen and oxygen atoms in total. The predicted octanol–water partition coefficient (Wildman–Crippen LogP) is 2.11. The van der Waals surface area contributed by atoms with Crippen LogP contribution in [0.2, 0.25) is 0 Å². The van der Waals surface area contributed by atoms with E-state index < -0.39 is 0 Å². The maximum Gasteiger partial charge on any atom is 0.124 e. The Labute approximate surface area is 100 Å². The average Bonchev–Trinajstić information content (AvgIpc) is 2.33. The van der Waals surface area contributed by atoms with Gasteiger partial charge in [0.1, 0.15) is 11.9 Å². The molecular formula is C13H15FN2O. The second-order valence-electron chi connectivity index (χ2n) is 4.26. The summed E-state index contributed by atoms with van der Waals surface area (Å²) in [6, 6.07) is 8.08. The molecule has 0 spiro atoms. The van der Waals surface area contributed by atoms with Crippen LogP contribution in [0.1, 0.15) is 18.5 Å². The first-order chi connectivity index (χ1) is 8.20. The third-order valence-corrected chi connectivity index (χ3v) is 2.95.